The van der Waals surface area contributed by atoms with E-state index in [-0.39, 0.29) is 28.6 Å². The quantitative estimate of drug-likeness (QED) is 0.420. The Morgan fingerprint density at radius 2 is 2.04 bits per heavy atom. The molecule has 0 aliphatic heterocycles. The molecule has 0 bridgehead atoms. The highest BCUT2D eigenvalue weighted by molar-refractivity contribution is 7.62. The number of benzene rings is 1. The highest BCUT2D eigenvalue weighted by Crippen LogP contribution is 2.38. The Morgan fingerprint density at radius 3 is 2.62 bits per heavy atom. The van der Waals surface area contributed by atoms with E-state index in [1.165, 1.54) is 30.5 Å². The Hall–Kier alpha value is -1.82. The van der Waals surface area contributed by atoms with Gasteiger partial charge in [-0.05, 0) is 25.5 Å². The molecule has 0 atom stereocenters. The van der Waals surface area contributed by atoms with Gasteiger partial charge in [0.1, 0.15) is 16.5 Å². The van der Waals surface area contributed by atoms with Gasteiger partial charge in [0, 0.05) is 18.3 Å². The maximum absolute atomic E-state index is 11.8. The van der Waals surface area contributed by atoms with Gasteiger partial charge in [0.2, 0.25) is 5.88 Å². The van der Waals surface area contributed by atoms with E-state index >= 15 is 0 Å². The van der Waals surface area contributed by atoms with Crippen molar-refractivity contribution in [3.05, 3.63) is 50.6 Å². The van der Waals surface area contributed by atoms with Crippen LogP contribution in [0.3, 0.4) is 0 Å². The Labute approximate surface area is 148 Å². The second kappa shape index (κ2) is 7.38. The monoisotopic (exact) mass is 389 g/mol. The van der Waals surface area contributed by atoms with E-state index < -0.39 is 12.1 Å². The Balaban J connectivity index is 2.31. The molecule has 0 fully saturated rings. The molecule has 0 aliphatic carbocycles. The molecule has 0 amide bonds. The number of halogens is 2. The molecule has 10 heteroatoms. The molecule has 0 saturated heterocycles. The van der Waals surface area contributed by atoms with Gasteiger partial charge < -0.3 is 14.6 Å². The molecule has 24 heavy (non-hydrogen) atoms. The number of anilines is 1. The third-order valence-corrected chi connectivity index (χ3v) is 4.20. The van der Waals surface area contributed by atoms with E-state index in [0.29, 0.717) is 10.8 Å². The number of aromatic nitrogens is 1. The van der Waals surface area contributed by atoms with Crippen LogP contribution in [0.4, 0.5) is 11.4 Å². The normalized spacial score (nSPS) is 11.2. The van der Waals surface area contributed by atoms with Gasteiger partial charge in [-0.1, -0.05) is 23.2 Å². The summed E-state index contributed by atoms with van der Waals surface area (Å²) >= 11 is 11.8. The van der Waals surface area contributed by atoms with Crippen LogP contribution >= 0.6 is 30.3 Å². The molecule has 0 saturated carbocycles. The highest BCUT2D eigenvalue weighted by atomic mass is 35.5. The van der Waals surface area contributed by atoms with Crippen LogP contribution in [-0.4, -0.2) is 29.5 Å². The van der Waals surface area contributed by atoms with Gasteiger partial charge in [0.05, 0.1) is 23.4 Å². The van der Waals surface area contributed by atoms with Crippen LogP contribution in [0.25, 0.3) is 0 Å². The molecule has 128 valence electrons. The van der Waals surface area contributed by atoms with Crippen LogP contribution in [0, 0.1) is 10.1 Å². The lowest BCUT2D eigenvalue weighted by Gasteiger charge is -2.12. The molecular weight excluding hydrogens is 376 g/mol. The summed E-state index contributed by atoms with van der Waals surface area (Å²) in [5, 5.41) is 14.5. The molecule has 0 radical (unpaired) electrons. The minimum Gasteiger partial charge on any atom is -0.437 e. The average molecular weight is 390 g/mol. The molecule has 1 aromatic heterocycles. The van der Waals surface area contributed by atoms with Gasteiger partial charge in [-0.2, -0.15) is 0 Å². The van der Waals surface area contributed by atoms with Crippen molar-refractivity contribution in [2.24, 2.45) is 0 Å². The molecule has 1 N–H and O–H groups in total. The van der Waals surface area contributed by atoms with Crippen LogP contribution in [0.15, 0.2) is 30.5 Å². The molecule has 2 aromatic rings. The number of rotatable bonds is 6. The average Bonchev–Trinajstić information content (AvgIpc) is 2.47. The first-order valence-electron chi connectivity index (χ1n) is 6.71. The van der Waals surface area contributed by atoms with Crippen molar-refractivity contribution < 1.29 is 14.2 Å². The summed E-state index contributed by atoms with van der Waals surface area (Å²) < 4.78 is 17.4. The molecule has 1 aromatic carbocycles. The number of hydrogen-bond acceptors (Lipinski definition) is 6. The molecule has 2 rings (SSSR count). The lowest BCUT2D eigenvalue weighted by atomic mass is 10.2. The predicted molar refractivity (Wildman–Crippen MR) is 95.4 cm³/mol. The third-order valence-electron chi connectivity index (χ3n) is 2.80. The van der Waals surface area contributed by atoms with Gasteiger partial charge in [0.15, 0.2) is 0 Å². The molecule has 0 unspecified atom stereocenters. The van der Waals surface area contributed by atoms with Crippen LogP contribution in [-0.2, 0) is 4.57 Å². The number of hydrogen-bond donors (Lipinski definition) is 1. The SMILES string of the molecule is CP(C)(=O)CNc1cc(Oc2ncc(Cl)cc2Cl)ccc1[N+](=O)[O-]. The minimum atomic E-state index is -2.40. The van der Waals surface area contributed by atoms with Gasteiger partial charge in [0.25, 0.3) is 5.69 Å². The fourth-order valence-electron chi connectivity index (χ4n) is 1.74. The summed E-state index contributed by atoms with van der Waals surface area (Å²) in [6.45, 7) is 3.17. The van der Waals surface area contributed by atoms with E-state index in [2.05, 4.69) is 10.3 Å². The predicted octanol–water partition coefficient (Wildman–Crippen LogP) is 5.08. The zero-order valence-corrected chi connectivity index (χ0v) is 15.2. The zero-order chi connectivity index (χ0) is 17.9. The van der Waals surface area contributed by atoms with Crippen molar-refractivity contribution in [1.82, 2.24) is 4.98 Å². The van der Waals surface area contributed by atoms with E-state index in [9.17, 15) is 14.7 Å². The van der Waals surface area contributed by atoms with Crippen LogP contribution in [0.2, 0.25) is 10.0 Å². The van der Waals surface area contributed by atoms with Gasteiger partial charge >= 0.3 is 0 Å². The maximum atomic E-state index is 11.8. The first-order chi connectivity index (χ1) is 11.2. The van der Waals surface area contributed by atoms with E-state index in [1.807, 2.05) is 0 Å². The number of ether oxygens (including phenoxy) is 1. The smallest absolute Gasteiger partial charge is 0.292 e. The maximum Gasteiger partial charge on any atom is 0.292 e. The summed E-state index contributed by atoms with van der Waals surface area (Å²) in [6, 6.07) is 5.62. The van der Waals surface area contributed by atoms with Gasteiger partial charge in [-0.15, -0.1) is 0 Å². The fourth-order valence-corrected chi connectivity index (χ4v) is 2.71. The van der Waals surface area contributed by atoms with Gasteiger partial charge in [-0.3, -0.25) is 10.1 Å². The van der Waals surface area contributed by atoms with Gasteiger partial charge in [-0.25, -0.2) is 4.98 Å². The van der Waals surface area contributed by atoms with E-state index in [4.69, 9.17) is 27.9 Å². The van der Waals surface area contributed by atoms with E-state index in [1.54, 1.807) is 13.3 Å². The number of nitro benzene ring substituents is 1. The second-order valence-electron chi connectivity index (χ2n) is 5.39. The fraction of sp³-hybridized carbons (Fsp3) is 0.214. The van der Waals surface area contributed by atoms with Crippen LogP contribution in [0.1, 0.15) is 0 Å². The molecular formula is C14H14Cl2N3O4P. The molecule has 1 heterocycles. The standard InChI is InChI=1S/C14H14Cl2N3O4P/c1-24(2,22)8-18-12-6-10(3-4-13(12)19(20)21)23-14-11(16)5-9(15)7-17-14/h3-7,18H,8H2,1-2H3. The Kier molecular flexibility index (Phi) is 5.70. The number of nitro groups is 1. The number of nitrogens with one attached hydrogen (secondary N) is 1. The zero-order valence-electron chi connectivity index (χ0n) is 12.8. The number of nitrogens with zero attached hydrogens (tertiary/aromatic N) is 2. The third kappa shape index (κ3) is 5.09. The highest BCUT2D eigenvalue weighted by Gasteiger charge is 2.17. The Bertz CT molecular complexity index is 826. The minimum absolute atomic E-state index is 0.122. The van der Waals surface area contributed by atoms with E-state index in [0.717, 1.165) is 0 Å². The second-order valence-corrected chi connectivity index (χ2v) is 9.70. The summed E-state index contributed by atoms with van der Waals surface area (Å²) in [4.78, 5) is 14.5. The van der Waals surface area contributed by atoms with Crippen LogP contribution < -0.4 is 10.1 Å². The van der Waals surface area contributed by atoms with Crippen molar-refractivity contribution in [3.63, 3.8) is 0 Å². The van der Waals surface area contributed by atoms with Crippen molar-refractivity contribution in [3.8, 4) is 11.6 Å². The topological polar surface area (TPSA) is 94.4 Å². The first kappa shape index (κ1) is 18.5. The Morgan fingerprint density at radius 1 is 1.33 bits per heavy atom. The number of pyridine rings is 1. The summed E-state index contributed by atoms with van der Waals surface area (Å²) in [5.74, 6) is 0.416. The van der Waals surface area contributed by atoms with Crippen molar-refractivity contribution in [2.45, 2.75) is 0 Å². The van der Waals surface area contributed by atoms with Crippen molar-refractivity contribution in [2.75, 3.05) is 24.9 Å². The summed E-state index contributed by atoms with van der Waals surface area (Å²) in [7, 11) is -2.40. The van der Waals surface area contributed by atoms with Crippen LogP contribution in [0.5, 0.6) is 11.6 Å². The van der Waals surface area contributed by atoms with Crippen molar-refractivity contribution in [1.29, 1.82) is 0 Å². The van der Waals surface area contributed by atoms with Crippen molar-refractivity contribution >= 4 is 41.7 Å². The summed E-state index contributed by atoms with van der Waals surface area (Å²) in [5.41, 5.74) is 0.0532. The largest absolute Gasteiger partial charge is 0.437 e. The lowest BCUT2D eigenvalue weighted by molar-refractivity contribution is -0.384. The molecule has 0 spiro atoms. The first-order valence-corrected chi connectivity index (χ1v) is 10.3. The molecule has 0 aliphatic rings. The summed E-state index contributed by atoms with van der Waals surface area (Å²) in [6.07, 6.45) is 1.50. The molecule has 7 nitrogen and oxygen atoms in total. The lowest BCUT2D eigenvalue weighted by Crippen LogP contribution is -2.04.